The molecule has 2 aromatic rings. The van der Waals surface area contributed by atoms with Crippen molar-refractivity contribution in [3.8, 4) is 0 Å². The van der Waals surface area contributed by atoms with Gasteiger partial charge in [0.05, 0.1) is 5.88 Å². The van der Waals surface area contributed by atoms with Crippen molar-refractivity contribution in [3.05, 3.63) is 52.5 Å². The van der Waals surface area contributed by atoms with Gasteiger partial charge in [-0.1, -0.05) is 17.7 Å². The average molecular weight is 278 g/mol. The minimum Gasteiger partial charge on any atom is -0.455 e. The SMILES string of the molecule is Cc1cc(C)c(NC(=O)c2ccc(CCl)o2)c(C)c1. The van der Waals surface area contributed by atoms with Crippen molar-refractivity contribution in [1.29, 1.82) is 0 Å². The van der Waals surface area contributed by atoms with Gasteiger partial charge in [-0.2, -0.15) is 0 Å². The van der Waals surface area contributed by atoms with Crippen LogP contribution in [0.3, 0.4) is 0 Å². The number of amides is 1. The molecule has 0 fully saturated rings. The van der Waals surface area contributed by atoms with E-state index in [9.17, 15) is 4.79 Å². The predicted octanol–water partition coefficient (Wildman–Crippen LogP) is 4.20. The number of hydrogen-bond acceptors (Lipinski definition) is 2. The van der Waals surface area contributed by atoms with Crippen LogP contribution in [0.1, 0.15) is 33.0 Å². The van der Waals surface area contributed by atoms with Crippen molar-refractivity contribution in [2.45, 2.75) is 26.7 Å². The molecule has 1 aromatic heterocycles. The van der Waals surface area contributed by atoms with Crippen molar-refractivity contribution in [1.82, 2.24) is 0 Å². The summed E-state index contributed by atoms with van der Waals surface area (Å²) in [6.07, 6.45) is 0. The summed E-state index contributed by atoms with van der Waals surface area (Å²) in [6, 6.07) is 7.41. The Morgan fingerprint density at radius 2 is 1.84 bits per heavy atom. The topological polar surface area (TPSA) is 42.2 Å². The number of carbonyl (C=O) groups excluding carboxylic acids is 1. The van der Waals surface area contributed by atoms with E-state index in [2.05, 4.69) is 5.32 Å². The maximum atomic E-state index is 12.1. The van der Waals surface area contributed by atoms with Crippen LogP contribution in [-0.2, 0) is 5.88 Å². The van der Waals surface area contributed by atoms with Gasteiger partial charge >= 0.3 is 0 Å². The molecule has 0 unspecified atom stereocenters. The van der Waals surface area contributed by atoms with Crippen molar-refractivity contribution in [2.75, 3.05) is 5.32 Å². The summed E-state index contributed by atoms with van der Waals surface area (Å²) in [7, 11) is 0. The lowest BCUT2D eigenvalue weighted by molar-refractivity contribution is 0.0995. The molecule has 0 aliphatic heterocycles. The molecule has 1 amide bonds. The molecule has 2 rings (SSSR count). The molecular weight excluding hydrogens is 262 g/mol. The van der Waals surface area contributed by atoms with Gasteiger partial charge in [-0.15, -0.1) is 11.6 Å². The highest BCUT2D eigenvalue weighted by Crippen LogP contribution is 2.23. The number of carbonyl (C=O) groups is 1. The second-order valence-electron chi connectivity index (χ2n) is 4.63. The van der Waals surface area contributed by atoms with Gasteiger partial charge in [0.15, 0.2) is 5.76 Å². The van der Waals surface area contributed by atoms with E-state index in [4.69, 9.17) is 16.0 Å². The standard InChI is InChI=1S/C15H16ClNO2/c1-9-6-10(2)14(11(3)7-9)17-15(18)13-5-4-12(8-16)19-13/h4-7H,8H2,1-3H3,(H,17,18). The van der Waals surface area contributed by atoms with E-state index in [0.717, 1.165) is 16.8 Å². The molecule has 0 aliphatic rings. The van der Waals surface area contributed by atoms with Crippen LogP contribution >= 0.6 is 11.6 Å². The molecule has 0 aliphatic carbocycles. The van der Waals surface area contributed by atoms with Crippen molar-refractivity contribution < 1.29 is 9.21 Å². The highest BCUT2D eigenvalue weighted by atomic mass is 35.5. The summed E-state index contributed by atoms with van der Waals surface area (Å²) >= 11 is 5.65. The number of hydrogen-bond donors (Lipinski definition) is 1. The van der Waals surface area contributed by atoms with Gasteiger partial charge in [0, 0.05) is 5.69 Å². The monoisotopic (exact) mass is 277 g/mol. The van der Waals surface area contributed by atoms with E-state index in [1.54, 1.807) is 12.1 Å². The molecule has 3 nitrogen and oxygen atoms in total. The molecule has 0 saturated carbocycles. The van der Waals surface area contributed by atoms with E-state index in [1.807, 2.05) is 32.9 Å². The molecule has 100 valence electrons. The van der Waals surface area contributed by atoms with E-state index in [0.29, 0.717) is 5.76 Å². The fourth-order valence-corrected chi connectivity index (χ4v) is 2.27. The van der Waals surface area contributed by atoms with Crippen molar-refractivity contribution >= 4 is 23.2 Å². The first-order chi connectivity index (χ1) is 9.01. The highest BCUT2D eigenvalue weighted by Gasteiger charge is 2.13. The molecule has 4 heteroatoms. The van der Waals surface area contributed by atoms with Gasteiger partial charge in [0.1, 0.15) is 5.76 Å². The third-order valence-electron chi connectivity index (χ3n) is 2.93. The Labute approximate surface area is 117 Å². The number of alkyl halides is 1. The molecule has 1 N–H and O–H groups in total. The third kappa shape index (κ3) is 2.99. The number of nitrogens with one attached hydrogen (secondary N) is 1. The first-order valence-electron chi connectivity index (χ1n) is 6.05. The minimum absolute atomic E-state index is 0.258. The lowest BCUT2D eigenvalue weighted by Gasteiger charge is -2.11. The zero-order chi connectivity index (χ0) is 14.0. The Hall–Kier alpha value is -1.74. The first kappa shape index (κ1) is 13.7. The highest BCUT2D eigenvalue weighted by molar-refractivity contribution is 6.16. The Kier molecular flexibility index (Phi) is 3.96. The zero-order valence-electron chi connectivity index (χ0n) is 11.2. The number of aryl methyl sites for hydroxylation is 3. The number of anilines is 1. The van der Waals surface area contributed by atoms with E-state index in [1.165, 1.54) is 5.56 Å². The third-order valence-corrected chi connectivity index (χ3v) is 3.20. The first-order valence-corrected chi connectivity index (χ1v) is 6.58. The van der Waals surface area contributed by atoms with Crippen LogP contribution < -0.4 is 5.32 Å². The molecule has 19 heavy (non-hydrogen) atoms. The van der Waals surface area contributed by atoms with Crippen LogP contribution in [-0.4, -0.2) is 5.91 Å². The van der Waals surface area contributed by atoms with Gasteiger partial charge in [-0.25, -0.2) is 0 Å². The summed E-state index contributed by atoms with van der Waals surface area (Å²) in [5, 5.41) is 2.88. The van der Waals surface area contributed by atoms with Crippen LogP contribution in [0.5, 0.6) is 0 Å². The summed E-state index contributed by atoms with van der Waals surface area (Å²) in [6.45, 7) is 5.98. The molecule has 0 saturated heterocycles. The Balaban J connectivity index is 2.24. The molecular formula is C15H16ClNO2. The van der Waals surface area contributed by atoms with Crippen LogP contribution in [0.15, 0.2) is 28.7 Å². The lowest BCUT2D eigenvalue weighted by Crippen LogP contribution is -2.13. The second kappa shape index (κ2) is 5.49. The van der Waals surface area contributed by atoms with Crippen LogP contribution in [0.4, 0.5) is 5.69 Å². The number of furan rings is 1. The van der Waals surface area contributed by atoms with Crippen LogP contribution in [0, 0.1) is 20.8 Å². The van der Waals surface area contributed by atoms with Gasteiger partial charge in [0.2, 0.25) is 0 Å². The van der Waals surface area contributed by atoms with Crippen LogP contribution in [0.25, 0.3) is 0 Å². The fraction of sp³-hybridized carbons (Fsp3) is 0.267. The Bertz CT molecular complexity index is 593. The molecule has 0 atom stereocenters. The number of benzene rings is 1. The van der Waals surface area contributed by atoms with E-state index >= 15 is 0 Å². The summed E-state index contributed by atoms with van der Waals surface area (Å²) in [5.74, 6) is 0.862. The van der Waals surface area contributed by atoms with Crippen molar-refractivity contribution in [3.63, 3.8) is 0 Å². The normalized spacial score (nSPS) is 10.5. The maximum Gasteiger partial charge on any atom is 0.291 e. The van der Waals surface area contributed by atoms with Crippen LogP contribution in [0.2, 0.25) is 0 Å². The summed E-state index contributed by atoms with van der Waals surface area (Å²) in [4.78, 5) is 12.1. The van der Waals surface area contributed by atoms with E-state index in [-0.39, 0.29) is 17.5 Å². The van der Waals surface area contributed by atoms with Gasteiger partial charge in [-0.05, 0) is 44.0 Å². The minimum atomic E-state index is -0.258. The van der Waals surface area contributed by atoms with Gasteiger partial charge < -0.3 is 9.73 Å². The summed E-state index contributed by atoms with van der Waals surface area (Å²) < 4.78 is 5.33. The lowest BCUT2D eigenvalue weighted by atomic mass is 10.1. The molecule has 0 radical (unpaired) electrons. The predicted molar refractivity (Wildman–Crippen MR) is 76.9 cm³/mol. The average Bonchev–Trinajstić information content (AvgIpc) is 2.82. The molecule has 0 spiro atoms. The molecule has 1 heterocycles. The largest absolute Gasteiger partial charge is 0.455 e. The zero-order valence-corrected chi connectivity index (χ0v) is 12.0. The smallest absolute Gasteiger partial charge is 0.291 e. The second-order valence-corrected chi connectivity index (χ2v) is 4.89. The number of rotatable bonds is 3. The van der Waals surface area contributed by atoms with E-state index < -0.39 is 0 Å². The van der Waals surface area contributed by atoms with Crippen molar-refractivity contribution in [2.24, 2.45) is 0 Å². The fourth-order valence-electron chi connectivity index (χ4n) is 2.12. The van der Waals surface area contributed by atoms with Gasteiger partial charge in [-0.3, -0.25) is 4.79 Å². The summed E-state index contributed by atoms with van der Waals surface area (Å²) in [5.41, 5.74) is 4.08. The maximum absolute atomic E-state index is 12.1. The number of halogens is 1. The Morgan fingerprint density at radius 3 is 2.37 bits per heavy atom. The van der Waals surface area contributed by atoms with Gasteiger partial charge in [0.25, 0.3) is 5.91 Å². The molecule has 0 bridgehead atoms. The molecule has 1 aromatic carbocycles. The Morgan fingerprint density at radius 1 is 1.21 bits per heavy atom. The quantitative estimate of drug-likeness (QED) is 0.855.